The van der Waals surface area contributed by atoms with E-state index in [0.29, 0.717) is 17.9 Å². The number of anilines is 1. The molecular weight excluding hydrogens is 224 g/mol. The smallest absolute Gasteiger partial charge is 0.274 e. The summed E-state index contributed by atoms with van der Waals surface area (Å²) in [5, 5.41) is 6.97. The molecule has 0 radical (unpaired) electrons. The molecule has 5 nitrogen and oxygen atoms in total. The zero-order chi connectivity index (χ0) is 12.1. The Balaban J connectivity index is 2.68. The third-order valence-electron chi connectivity index (χ3n) is 2.12. The Morgan fingerprint density at radius 2 is 2.44 bits per heavy atom. The monoisotopic (exact) mass is 242 g/mol. The summed E-state index contributed by atoms with van der Waals surface area (Å²) >= 11 is 1.69. The molecule has 0 fully saturated rings. The van der Waals surface area contributed by atoms with E-state index >= 15 is 0 Å². The maximum Gasteiger partial charge on any atom is 0.274 e. The molecule has 90 valence electrons. The number of aromatic nitrogens is 2. The predicted octanol–water partition coefficient (Wildman–Crippen LogP) is 0.966. The van der Waals surface area contributed by atoms with Crippen LogP contribution in [0.4, 0.5) is 5.69 Å². The van der Waals surface area contributed by atoms with Gasteiger partial charge in [0, 0.05) is 24.5 Å². The van der Waals surface area contributed by atoms with Crippen molar-refractivity contribution in [1.29, 1.82) is 0 Å². The maximum atomic E-state index is 11.8. The third-order valence-corrected chi connectivity index (χ3v) is 2.96. The van der Waals surface area contributed by atoms with Gasteiger partial charge in [0.05, 0.1) is 5.69 Å². The van der Waals surface area contributed by atoms with Crippen LogP contribution in [0.15, 0.2) is 6.20 Å². The van der Waals surface area contributed by atoms with Gasteiger partial charge in [0.15, 0.2) is 5.69 Å². The third kappa shape index (κ3) is 3.16. The average Bonchev–Trinajstić information content (AvgIpc) is 2.60. The highest BCUT2D eigenvalue weighted by Gasteiger charge is 2.16. The predicted molar refractivity (Wildman–Crippen MR) is 67.6 cm³/mol. The molecule has 1 amide bonds. The number of carbonyl (C=O) groups excluding carboxylic acids is 1. The van der Waals surface area contributed by atoms with Crippen molar-refractivity contribution in [3.05, 3.63) is 11.9 Å². The number of nitrogens with two attached hydrogens (primary N) is 1. The van der Waals surface area contributed by atoms with E-state index < -0.39 is 0 Å². The van der Waals surface area contributed by atoms with E-state index in [4.69, 9.17) is 5.73 Å². The molecule has 1 atom stereocenters. The lowest BCUT2D eigenvalue weighted by atomic mass is 10.3. The Morgan fingerprint density at radius 3 is 2.94 bits per heavy atom. The molecule has 0 aromatic carbocycles. The molecule has 6 heteroatoms. The van der Waals surface area contributed by atoms with Gasteiger partial charge in [0.2, 0.25) is 0 Å². The van der Waals surface area contributed by atoms with Gasteiger partial charge in [-0.1, -0.05) is 0 Å². The highest BCUT2D eigenvalue weighted by atomic mass is 32.2. The quantitative estimate of drug-likeness (QED) is 0.807. The van der Waals surface area contributed by atoms with Crippen molar-refractivity contribution in [3.63, 3.8) is 0 Å². The first-order chi connectivity index (χ1) is 7.58. The number of thioether (sulfide) groups is 1. The van der Waals surface area contributed by atoms with Crippen LogP contribution >= 0.6 is 11.8 Å². The summed E-state index contributed by atoms with van der Waals surface area (Å²) < 4.78 is 1.66. The molecular formula is C10H18N4OS. The van der Waals surface area contributed by atoms with Crippen LogP contribution in [0.5, 0.6) is 0 Å². The fourth-order valence-corrected chi connectivity index (χ4v) is 1.94. The second-order valence-corrected chi connectivity index (χ2v) is 4.53. The minimum atomic E-state index is -0.203. The fourth-order valence-electron chi connectivity index (χ4n) is 1.36. The SMILES string of the molecule is CCn1cc(N)c(C(=O)NC(C)CSC)n1. The Labute approximate surface area is 99.8 Å². The van der Waals surface area contributed by atoms with Gasteiger partial charge in [-0.05, 0) is 20.1 Å². The van der Waals surface area contributed by atoms with Crippen molar-refractivity contribution in [2.75, 3.05) is 17.7 Å². The molecule has 1 aromatic heterocycles. The van der Waals surface area contributed by atoms with Gasteiger partial charge in [-0.2, -0.15) is 16.9 Å². The van der Waals surface area contributed by atoms with Crippen LogP contribution in [0.25, 0.3) is 0 Å². The molecule has 0 saturated carbocycles. The molecule has 0 aliphatic carbocycles. The van der Waals surface area contributed by atoms with Gasteiger partial charge < -0.3 is 11.1 Å². The van der Waals surface area contributed by atoms with Crippen LogP contribution in [0.2, 0.25) is 0 Å². The topological polar surface area (TPSA) is 72.9 Å². The lowest BCUT2D eigenvalue weighted by Crippen LogP contribution is -2.34. The van der Waals surface area contributed by atoms with E-state index in [9.17, 15) is 4.79 Å². The van der Waals surface area contributed by atoms with Crippen LogP contribution in [-0.2, 0) is 6.54 Å². The largest absolute Gasteiger partial charge is 0.396 e. The van der Waals surface area contributed by atoms with Gasteiger partial charge in [0.1, 0.15) is 0 Å². The minimum Gasteiger partial charge on any atom is -0.396 e. The highest BCUT2D eigenvalue weighted by molar-refractivity contribution is 7.98. The number of nitrogens with one attached hydrogen (secondary N) is 1. The molecule has 3 N–H and O–H groups in total. The van der Waals surface area contributed by atoms with Gasteiger partial charge in [0.25, 0.3) is 5.91 Å². The van der Waals surface area contributed by atoms with Crippen molar-refractivity contribution in [2.45, 2.75) is 26.4 Å². The summed E-state index contributed by atoms with van der Waals surface area (Å²) in [6.45, 7) is 4.61. The van der Waals surface area contributed by atoms with E-state index in [1.165, 1.54) is 0 Å². The number of nitrogen functional groups attached to an aromatic ring is 1. The standard InChI is InChI=1S/C10H18N4OS/c1-4-14-5-8(11)9(13-14)10(15)12-7(2)6-16-3/h5,7H,4,6,11H2,1-3H3,(H,12,15). The summed E-state index contributed by atoms with van der Waals surface area (Å²) in [5.74, 6) is 0.673. The summed E-state index contributed by atoms with van der Waals surface area (Å²) in [6.07, 6.45) is 3.68. The molecule has 0 bridgehead atoms. The van der Waals surface area contributed by atoms with Crippen molar-refractivity contribution in [2.24, 2.45) is 0 Å². The Morgan fingerprint density at radius 1 is 1.75 bits per heavy atom. The summed E-state index contributed by atoms with van der Waals surface area (Å²) in [7, 11) is 0. The van der Waals surface area contributed by atoms with Crippen LogP contribution in [0.1, 0.15) is 24.3 Å². The normalized spacial score (nSPS) is 12.4. The first kappa shape index (κ1) is 12.9. The molecule has 0 spiro atoms. The second-order valence-electron chi connectivity index (χ2n) is 3.62. The average molecular weight is 242 g/mol. The Kier molecular flexibility index (Phi) is 4.67. The first-order valence-corrected chi connectivity index (χ1v) is 6.60. The van der Waals surface area contributed by atoms with E-state index in [2.05, 4.69) is 10.4 Å². The molecule has 1 unspecified atom stereocenters. The van der Waals surface area contributed by atoms with Gasteiger partial charge >= 0.3 is 0 Å². The fraction of sp³-hybridized carbons (Fsp3) is 0.600. The van der Waals surface area contributed by atoms with E-state index in [1.54, 1.807) is 22.6 Å². The second kappa shape index (κ2) is 5.79. The summed E-state index contributed by atoms with van der Waals surface area (Å²) in [6, 6.07) is 0.119. The van der Waals surface area contributed by atoms with Crippen LogP contribution in [0.3, 0.4) is 0 Å². The summed E-state index contributed by atoms with van der Waals surface area (Å²) in [4.78, 5) is 11.8. The van der Waals surface area contributed by atoms with Gasteiger partial charge in [-0.15, -0.1) is 0 Å². The number of carbonyl (C=O) groups is 1. The lowest BCUT2D eigenvalue weighted by molar-refractivity contribution is 0.0939. The number of rotatable bonds is 5. The highest BCUT2D eigenvalue weighted by Crippen LogP contribution is 2.09. The molecule has 0 aliphatic heterocycles. The van der Waals surface area contributed by atoms with Crippen LogP contribution < -0.4 is 11.1 Å². The molecule has 1 aromatic rings. The van der Waals surface area contributed by atoms with Gasteiger partial charge in [-0.3, -0.25) is 9.48 Å². The Hall–Kier alpha value is -1.17. The molecule has 16 heavy (non-hydrogen) atoms. The first-order valence-electron chi connectivity index (χ1n) is 5.21. The zero-order valence-corrected chi connectivity index (χ0v) is 10.7. The van der Waals surface area contributed by atoms with Gasteiger partial charge in [-0.25, -0.2) is 0 Å². The number of aryl methyl sites for hydroxylation is 1. The molecule has 0 saturated heterocycles. The molecule has 0 aliphatic rings. The Bertz CT molecular complexity index is 364. The van der Waals surface area contributed by atoms with E-state index in [1.807, 2.05) is 20.1 Å². The molecule has 1 heterocycles. The van der Waals surface area contributed by atoms with E-state index in [-0.39, 0.29) is 11.9 Å². The van der Waals surface area contributed by atoms with Crippen molar-refractivity contribution in [1.82, 2.24) is 15.1 Å². The number of nitrogens with zero attached hydrogens (tertiary/aromatic N) is 2. The van der Waals surface area contributed by atoms with Crippen molar-refractivity contribution in [3.8, 4) is 0 Å². The van der Waals surface area contributed by atoms with Crippen LogP contribution in [0, 0.1) is 0 Å². The van der Waals surface area contributed by atoms with Crippen LogP contribution in [-0.4, -0.2) is 33.7 Å². The van der Waals surface area contributed by atoms with Crippen molar-refractivity contribution >= 4 is 23.4 Å². The molecule has 1 rings (SSSR count). The van der Waals surface area contributed by atoms with Crippen molar-refractivity contribution < 1.29 is 4.79 Å². The zero-order valence-electron chi connectivity index (χ0n) is 9.86. The lowest BCUT2D eigenvalue weighted by Gasteiger charge is -2.11. The minimum absolute atomic E-state index is 0.119. The maximum absolute atomic E-state index is 11.8. The van der Waals surface area contributed by atoms with E-state index in [0.717, 1.165) is 5.75 Å². The number of hydrogen-bond donors (Lipinski definition) is 2. The summed E-state index contributed by atoms with van der Waals surface area (Å²) in [5.41, 5.74) is 6.46. The number of hydrogen-bond acceptors (Lipinski definition) is 4. The number of amides is 1.